The second-order valence-electron chi connectivity index (χ2n) is 9.14. The van der Waals surface area contributed by atoms with Crippen LogP contribution in [0.4, 0.5) is 10.8 Å². The van der Waals surface area contributed by atoms with Gasteiger partial charge in [-0.3, -0.25) is 0 Å². The van der Waals surface area contributed by atoms with Gasteiger partial charge >= 0.3 is 0 Å². The van der Waals surface area contributed by atoms with Gasteiger partial charge in [-0.25, -0.2) is 4.98 Å². The maximum atomic E-state index is 9.30. The number of benzene rings is 2. The van der Waals surface area contributed by atoms with Crippen LogP contribution >= 0.6 is 11.3 Å². The van der Waals surface area contributed by atoms with Crippen molar-refractivity contribution in [1.82, 2.24) is 4.98 Å². The second kappa shape index (κ2) is 13.8. The number of hydrogen-bond donors (Lipinski definition) is 4. The molecule has 3 aromatic rings. The largest absolute Gasteiger partial charge is 0.394 e. The first-order valence-corrected chi connectivity index (χ1v) is 13.2. The van der Waals surface area contributed by atoms with Crippen molar-refractivity contribution in [2.24, 2.45) is 5.73 Å². The maximum Gasteiger partial charge on any atom is 0.188 e. The number of aryl methyl sites for hydroxylation is 1. The number of nitrogens with zero attached hydrogens (tertiary/aromatic N) is 1. The lowest BCUT2D eigenvalue weighted by Gasteiger charge is -2.24. The van der Waals surface area contributed by atoms with Gasteiger partial charge in [-0.05, 0) is 61.1 Å². The van der Waals surface area contributed by atoms with Crippen LogP contribution in [0.2, 0.25) is 0 Å². The van der Waals surface area contributed by atoms with Crippen LogP contribution < -0.4 is 11.1 Å². The van der Waals surface area contributed by atoms with Crippen molar-refractivity contribution >= 4 is 32.4 Å². The molecule has 0 saturated carbocycles. The molecule has 0 bridgehead atoms. The highest BCUT2D eigenvalue weighted by atomic mass is 32.1. The minimum absolute atomic E-state index is 0.206. The lowest BCUT2D eigenvalue weighted by atomic mass is 9.94. The molecule has 1 aromatic heterocycles. The summed E-state index contributed by atoms with van der Waals surface area (Å²) < 4.78 is 7.00. The van der Waals surface area contributed by atoms with Gasteiger partial charge in [0.2, 0.25) is 0 Å². The summed E-state index contributed by atoms with van der Waals surface area (Å²) in [4.78, 5) is 4.76. The van der Waals surface area contributed by atoms with Crippen LogP contribution in [0.15, 0.2) is 42.5 Å². The molecular weight excluding hydrogens is 446 g/mol. The van der Waals surface area contributed by atoms with Crippen molar-refractivity contribution in [3.63, 3.8) is 0 Å². The number of hydrogen-bond acceptors (Lipinski definition) is 7. The Labute approximate surface area is 207 Å². The smallest absolute Gasteiger partial charge is 0.188 e. The number of unbranched alkanes of at least 4 members (excludes halogenated alkanes) is 4. The number of ether oxygens (including phenoxy) is 1. The number of aliphatic hydroxyl groups excluding tert-OH is 2. The number of aliphatic hydroxyl groups is 2. The Hall–Kier alpha value is -2.03. The Morgan fingerprint density at radius 1 is 0.971 bits per heavy atom. The molecular formula is C27H39N3O3S. The SMILES string of the molecule is CCCCCCCOCc1ccc2sc(Nc3ccc(CCCC(N)(CO)CO)cc3)nc2c1. The lowest BCUT2D eigenvalue weighted by molar-refractivity contribution is 0.113. The molecule has 1 heterocycles. The van der Waals surface area contributed by atoms with E-state index in [0.29, 0.717) is 13.0 Å². The Balaban J connectivity index is 1.47. The standard InChI is InChI=1S/C27H39N3O3S/c1-2-3-4-5-6-16-33-18-22-11-14-25-24(17-22)30-26(34-25)29-23-12-9-21(10-13-23)8-7-15-27(28,19-31)20-32/h9-14,17,31-32H,2-8,15-16,18-20,28H2,1H3,(H,29,30). The summed E-state index contributed by atoms with van der Waals surface area (Å²) in [6.07, 6.45) is 8.50. The highest BCUT2D eigenvalue weighted by Gasteiger charge is 2.22. The van der Waals surface area contributed by atoms with Gasteiger partial charge in [0.15, 0.2) is 5.13 Å². The van der Waals surface area contributed by atoms with Crippen LogP contribution in [-0.2, 0) is 17.8 Å². The van der Waals surface area contributed by atoms with E-state index in [1.165, 1.54) is 31.2 Å². The predicted molar refractivity (Wildman–Crippen MR) is 142 cm³/mol. The topological polar surface area (TPSA) is 101 Å². The molecule has 34 heavy (non-hydrogen) atoms. The van der Waals surface area contributed by atoms with Gasteiger partial charge in [0.1, 0.15) is 0 Å². The first-order valence-electron chi connectivity index (χ1n) is 12.4. The van der Waals surface area contributed by atoms with Gasteiger partial charge in [-0.1, -0.05) is 62.1 Å². The highest BCUT2D eigenvalue weighted by Crippen LogP contribution is 2.29. The van der Waals surface area contributed by atoms with Crippen LogP contribution in [0.3, 0.4) is 0 Å². The third-order valence-corrected chi connectivity index (χ3v) is 7.04. The van der Waals surface area contributed by atoms with E-state index in [4.69, 9.17) is 15.5 Å². The van der Waals surface area contributed by atoms with Crippen molar-refractivity contribution in [3.8, 4) is 0 Å². The fraction of sp³-hybridized carbons (Fsp3) is 0.519. The number of thiazole rings is 1. The predicted octanol–water partition coefficient (Wildman–Crippen LogP) is 5.53. The summed E-state index contributed by atoms with van der Waals surface area (Å²) in [6, 6.07) is 14.6. The number of anilines is 2. The quantitative estimate of drug-likeness (QED) is 0.199. The molecule has 0 atom stereocenters. The molecule has 0 spiro atoms. The molecule has 7 heteroatoms. The van der Waals surface area contributed by atoms with Gasteiger partial charge in [0, 0.05) is 12.3 Å². The summed E-state index contributed by atoms with van der Waals surface area (Å²) in [5.41, 5.74) is 9.39. The Kier molecular flexibility index (Phi) is 10.8. The number of fused-ring (bicyclic) bond motifs is 1. The fourth-order valence-corrected chi connectivity index (χ4v) is 4.71. The van der Waals surface area contributed by atoms with Crippen molar-refractivity contribution < 1.29 is 14.9 Å². The van der Waals surface area contributed by atoms with Crippen molar-refractivity contribution in [3.05, 3.63) is 53.6 Å². The third-order valence-electron chi connectivity index (χ3n) is 6.09. The fourth-order valence-electron chi connectivity index (χ4n) is 3.84. The second-order valence-corrected chi connectivity index (χ2v) is 10.2. The number of nitrogens with one attached hydrogen (secondary N) is 1. The van der Waals surface area contributed by atoms with Gasteiger partial charge in [-0.15, -0.1) is 0 Å². The summed E-state index contributed by atoms with van der Waals surface area (Å²) >= 11 is 1.64. The Morgan fingerprint density at radius 3 is 2.44 bits per heavy atom. The van der Waals surface area contributed by atoms with Crippen molar-refractivity contribution in [2.75, 3.05) is 25.1 Å². The summed E-state index contributed by atoms with van der Waals surface area (Å²) in [5.74, 6) is 0. The molecule has 0 aliphatic rings. The minimum atomic E-state index is -0.894. The van der Waals surface area contributed by atoms with Gasteiger partial charge < -0.3 is 26.0 Å². The summed E-state index contributed by atoms with van der Waals surface area (Å²) in [5, 5.41) is 22.9. The number of aromatic nitrogens is 1. The first-order chi connectivity index (χ1) is 16.5. The molecule has 6 nitrogen and oxygen atoms in total. The molecule has 3 rings (SSSR count). The first kappa shape index (κ1) is 26.6. The molecule has 0 radical (unpaired) electrons. The molecule has 2 aromatic carbocycles. The Bertz CT molecular complexity index is 986. The third kappa shape index (κ3) is 8.32. The van der Waals surface area contributed by atoms with E-state index in [1.54, 1.807) is 11.3 Å². The molecule has 0 saturated heterocycles. The summed E-state index contributed by atoms with van der Waals surface area (Å²) in [6.45, 7) is 3.27. The zero-order valence-electron chi connectivity index (χ0n) is 20.3. The van der Waals surface area contributed by atoms with Crippen LogP contribution in [0.25, 0.3) is 10.2 Å². The van der Waals surface area contributed by atoms with Crippen LogP contribution in [0.5, 0.6) is 0 Å². The van der Waals surface area contributed by atoms with E-state index in [1.807, 2.05) is 0 Å². The van der Waals surface area contributed by atoms with Crippen molar-refractivity contribution in [2.45, 2.75) is 70.4 Å². The zero-order valence-corrected chi connectivity index (χ0v) is 21.1. The number of rotatable bonds is 16. The van der Waals surface area contributed by atoms with E-state index in [-0.39, 0.29) is 13.2 Å². The van der Waals surface area contributed by atoms with E-state index >= 15 is 0 Å². The molecule has 0 fully saturated rings. The van der Waals surface area contributed by atoms with Crippen molar-refractivity contribution in [1.29, 1.82) is 0 Å². The zero-order chi connectivity index (χ0) is 24.2. The van der Waals surface area contributed by atoms with Crippen LogP contribution in [0.1, 0.15) is 63.0 Å². The van der Waals surface area contributed by atoms with E-state index < -0.39 is 5.54 Å². The molecule has 0 aliphatic carbocycles. The Morgan fingerprint density at radius 2 is 1.71 bits per heavy atom. The molecule has 0 aliphatic heterocycles. The monoisotopic (exact) mass is 485 g/mol. The van der Waals surface area contributed by atoms with Gasteiger partial charge in [0.25, 0.3) is 0 Å². The van der Waals surface area contributed by atoms with Crippen LogP contribution in [0, 0.1) is 0 Å². The maximum absolute atomic E-state index is 9.30. The summed E-state index contributed by atoms with van der Waals surface area (Å²) in [7, 11) is 0. The minimum Gasteiger partial charge on any atom is -0.394 e. The van der Waals surface area contributed by atoms with E-state index in [0.717, 1.165) is 52.5 Å². The van der Waals surface area contributed by atoms with Crippen LogP contribution in [-0.4, -0.2) is 40.6 Å². The molecule has 0 amide bonds. The van der Waals surface area contributed by atoms with E-state index in [2.05, 4.69) is 54.7 Å². The average molecular weight is 486 g/mol. The lowest BCUT2D eigenvalue weighted by Crippen LogP contribution is -2.47. The highest BCUT2D eigenvalue weighted by molar-refractivity contribution is 7.22. The van der Waals surface area contributed by atoms with Gasteiger partial charge in [0.05, 0.1) is 35.6 Å². The van der Waals surface area contributed by atoms with E-state index in [9.17, 15) is 10.2 Å². The van der Waals surface area contributed by atoms with Gasteiger partial charge in [-0.2, -0.15) is 0 Å². The molecule has 0 unspecified atom stereocenters. The average Bonchev–Trinajstić information content (AvgIpc) is 3.26. The number of nitrogens with two attached hydrogens (primary N) is 1. The molecule has 5 N–H and O–H groups in total. The normalized spacial score (nSPS) is 11.9. The molecule has 186 valence electrons.